The number of nitrogens with zero attached hydrogens (tertiary/aromatic N) is 2. The lowest BCUT2D eigenvalue weighted by Crippen LogP contribution is -2.34. The molecule has 1 N–H and O–H groups in total. The van der Waals surface area contributed by atoms with Crippen LogP contribution in [0.1, 0.15) is 25.6 Å². The largest absolute Gasteiger partial charge is 0.309 e. The van der Waals surface area contributed by atoms with Crippen LogP contribution in [0.2, 0.25) is 0 Å². The van der Waals surface area contributed by atoms with Crippen LogP contribution in [-0.2, 0) is 6.54 Å². The summed E-state index contributed by atoms with van der Waals surface area (Å²) in [6, 6.07) is 3.72. The first-order valence-corrected chi connectivity index (χ1v) is 8.72. The number of halogens is 2. The number of aromatic nitrogens is 2. The van der Waals surface area contributed by atoms with E-state index in [9.17, 15) is 4.79 Å². The third kappa shape index (κ3) is 3.38. The van der Waals surface area contributed by atoms with Crippen LogP contribution in [0.4, 0.5) is 0 Å². The second-order valence-electron chi connectivity index (χ2n) is 5.78. The summed E-state index contributed by atoms with van der Waals surface area (Å²) in [7, 11) is 0. The van der Waals surface area contributed by atoms with Gasteiger partial charge in [-0.2, -0.15) is 0 Å². The quantitative estimate of drug-likeness (QED) is 0.815. The fourth-order valence-electron chi connectivity index (χ4n) is 2.93. The number of fused-ring (bicyclic) bond motifs is 1. The van der Waals surface area contributed by atoms with Crippen molar-refractivity contribution in [2.75, 3.05) is 13.1 Å². The van der Waals surface area contributed by atoms with Gasteiger partial charge in [-0.05, 0) is 53.4 Å². The van der Waals surface area contributed by atoms with E-state index in [-0.39, 0.29) is 5.56 Å². The van der Waals surface area contributed by atoms with Crippen molar-refractivity contribution < 1.29 is 0 Å². The summed E-state index contributed by atoms with van der Waals surface area (Å²) in [6.45, 7) is 5.13. The van der Waals surface area contributed by atoms with E-state index in [0.29, 0.717) is 17.8 Å². The van der Waals surface area contributed by atoms with E-state index < -0.39 is 0 Å². The summed E-state index contributed by atoms with van der Waals surface area (Å²) in [5.41, 5.74) is 0.643. The normalized spacial score (nSPS) is 20.0. The molecule has 3 rings (SSSR count). The molecular weight excluding hydrogens is 398 g/mol. The van der Waals surface area contributed by atoms with E-state index in [2.05, 4.69) is 53.7 Å². The maximum Gasteiger partial charge on any atom is 0.258 e. The second kappa shape index (κ2) is 6.18. The minimum Gasteiger partial charge on any atom is -0.309 e. The van der Waals surface area contributed by atoms with Gasteiger partial charge in [0, 0.05) is 15.5 Å². The molecule has 1 aromatic carbocycles. The minimum absolute atomic E-state index is 0.0814. The van der Waals surface area contributed by atoms with E-state index in [1.807, 2.05) is 6.07 Å². The van der Waals surface area contributed by atoms with E-state index in [0.717, 1.165) is 33.4 Å². The average molecular weight is 415 g/mol. The Morgan fingerprint density at radius 3 is 3.00 bits per heavy atom. The lowest BCUT2D eigenvalue weighted by Gasteiger charge is -2.30. The fraction of sp³-hybridized carbons (Fsp3) is 0.467. The number of hydrogen-bond acceptors (Lipinski definition) is 3. The van der Waals surface area contributed by atoms with Gasteiger partial charge >= 0.3 is 0 Å². The molecule has 2 heterocycles. The van der Waals surface area contributed by atoms with Crippen LogP contribution in [0.25, 0.3) is 10.9 Å². The van der Waals surface area contributed by atoms with Gasteiger partial charge in [0.2, 0.25) is 0 Å². The molecule has 1 aliphatic heterocycles. The van der Waals surface area contributed by atoms with Gasteiger partial charge < -0.3 is 4.98 Å². The van der Waals surface area contributed by atoms with E-state index in [1.165, 1.54) is 12.8 Å². The number of piperidine rings is 1. The number of rotatable bonds is 2. The number of likely N-dealkylation sites (tertiary alicyclic amines) is 1. The van der Waals surface area contributed by atoms with Gasteiger partial charge in [-0.25, -0.2) is 4.98 Å². The monoisotopic (exact) mass is 413 g/mol. The molecule has 1 aromatic heterocycles. The molecule has 1 atom stereocenters. The van der Waals surface area contributed by atoms with Gasteiger partial charge in [0.05, 0.1) is 17.4 Å². The average Bonchev–Trinajstić information content (AvgIpc) is 2.40. The summed E-state index contributed by atoms with van der Waals surface area (Å²) >= 11 is 6.90. The van der Waals surface area contributed by atoms with Crippen molar-refractivity contribution in [2.45, 2.75) is 26.3 Å². The van der Waals surface area contributed by atoms with Crippen LogP contribution in [0.3, 0.4) is 0 Å². The van der Waals surface area contributed by atoms with Crippen molar-refractivity contribution in [3.63, 3.8) is 0 Å². The SMILES string of the molecule is CC1CCCN(Cc2nc3c(Br)cc(Br)cc3c(=O)[nH]2)C1. The Morgan fingerprint density at radius 1 is 1.43 bits per heavy atom. The van der Waals surface area contributed by atoms with Gasteiger partial charge in [0.15, 0.2) is 0 Å². The topological polar surface area (TPSA) is 49.0 Å². The summed E-state index contributed by atoms with van der Waals surface area (Å²) in [4.78, 5) is 22.2. The third-order valence-electron chi connectivity index (χ3n) is 3.89. The van der Waals surface area contributed by atoms with E-state index in [1.54, 1.807) is 6.07 Å². The summed E-state index contributed by atoms with van der Waals surface area (Å²) in [6.07, 6.45) is 2.51. The molecular formula is C15H17Br2N3O. The molecule has 1 aliphatic rings. The van der Waals surface area contributed by atoms with Gasteiger partial charge in [0.1, 0.15) is 5.82 Å². The molecule has 0 aliphatic carbocycles. The van der Waals surface area contributed by atoms with Crippen LogP contribution in [0.15, 0.2) is 25.9 Å². The Labute approximate surface area is 140 Å². The number of aromatic amines is 1. The zero-order valence-corrected chi connectivity index (χ0v) is 15.0. The number of hydrogen-bond donors (Lipinski definition) is 1. The zero-order chi connectivity index (χ0) is 15.0. The van der Waals surface area contributed by atoms with Crippen LogP contribution < -0.4 is 5.56 Å². The molecule has 21 heavy (non-hydrogen) atoms. The number of nitrogens with one attached hydrogen (secondary N) is 1. The molecule has 6 heteroatoms. The van der Waals surface area contributed by atoms with Gasteiger partial charge in [-0.3, -0.25) is 9.69 Å². The Balaban J connectivity index is 1.95. The third-order valence-corrected chi connectivity index (χ3v) is 4.95. The zero-order valence-electron chi connectivity index (χ0n) is 11.8. The number of benzene rings is 1. The van der Waals surface area contributed by atoms with Crippen LogP contribution in [0, 0.1) is 5.92 Å². The van der Waals surface area contributed by atoms with Crippen molar-refractivity contribution in [1.29, 1.82) is 0 Å². The smallest absolute Gasteiger partial charge is 0.258 e. The second-order valence-corrected chi connectivity index (χ2v) is 7.55. The summed E-state index contributed by atoms with van der Waals surface area (Å²) in [5.74, 6) is 1.46. The molecule has 0 radical (unpaired) electrons. The van der Waals surface area contributed by atoms with Crippen LogP contribution in [-0.4, -0.2) is 28.0 Å². The van der Waals surface area contributed by atoms with Gasteiger partial charge in [0.25, 0.3) is 5.56 Å². The standard InChI is InChI=1S/C15H17Br2N3O/c1-9-3-2-4-20(7-9)8-13-18-14-11(15(21)19-13)5-10(16)6-12(14)17/h5-6,9H,2-4,7-8H2,1H3,(H,18,19,21). The Hall–Kier alpha value is -0.720. The molecule has 1 saturated heterocycles. The molecule has 0 bridgehead atoms. The van der Waals surface area contributed by atoms with Gasteiger partial charge in [-0.1, -0.05) is 22.9 Å². The summed E-state index contributed by atoms with van der Waals surface area (Å²) in [5, 5.41) is 0.604. The summed E-state index contributed by atoms with van der Waals surface area (Å²) < 4.78 is 1.71. The van der Waals surface area contributed by atoms with E-state index in [4.69, 9.17) is 0 Å². The van der Waals surface area contributed by atoms with Crippen molar-refractivity contribution in [3.8, 4) is 0 Å². The van der Waals surface area contributed by atoms with Crippen molar-refractivity contribution in [2.24, 2.45) is 5.92 Å². The highest BCUT2D eigenvalue weighted by atomic mass is 79.9. The molecule has 1 unspecified atom stereocenters. The maximum atomic E-state index is 12.3. The fourth-order valence-corrected chi connectivity index (χ4v) is 4.24. The van der Waals surface area contributed by atoms with Crippen molar-refractivity contribution >= 4 is 42.8 Å². The molecule has 4 nitrogen and oxygen atoms in total. The molecule has 1 fully saturated rings. The Bertz CT molecular complexity index is 729. The van der Waals surface area contributed by atoms with Crippen molar-refractivity contribution in [1.82, 2.24) is 14.9 Å². The van der Waals surface area contributed by atoms with E-state index >= 15 is 0 Å². The first-order valence-electron chi connectivity index (χ1n) is 7.13. The molecule has 0 saturated carbocycles. The highest BCUT2D eigenvalue weighted by Crippen LogP contribution is 2.25. The number of H-pyrrole nitrogens is 1. The highest BCUT2D eigenvalue weighted by molar-refractivity contribution is 9.11. The van der Waals surface area contributed by atoms with Gasteiger partial charge in [-0.15, -0.1) is 0 Å². The van der Waals surface area contributed by atoms with Crippen LogP contribution >= 0.6 is 31.9 Å². The molecule has 112 valence electrons. The first kappa shape index (κ1) is 15.2. The molecule has 0 spiro atoms. The lowest BCUT2D eigenvalue weighted by atomic mass is 10.0. The predicted molar refractivity (Wildman–Crippen MR) is 91.4 cm³/mol. The maximum absolute atomic E-state index is 12.3. The highest BCUT2D eigenvalue weighted by Gasteiger charge is 2.18. The minimum atomic E-state index is -0.0814. The Morgan fingerprint density at radius 2 is 2.24 bits per heavy atom. The van der Waals surface area contributed by atoms with Crippen molar-refractivity contribution in [3.05, 3.63) is 37.3 Å². The molecule has 0 amide bonds. The van der Waals surface area contributed by atoms with Crippen LogP contribution in [0.5, 0.6) is 0 Å². The predicted octanol–water partition coefficient (Wildman–Crippen LogP) is 3.68. The Kier molecular flexibility index (Phi) is 4.47. The first-order chi connectivity index (χ1) is 10.0. The molecule has 2 aromatic rings. The lowest BCUT2D eigenvalue weighted by molar-refractivity contribution is 0.173.